The lowest BCUT2D eigenvalue weighted by molar-refractivity contribution is -0.141. The summed E-state index contributed by atoms with van der Waals surface area (Å²) in [5.74, 6) is -3.07. The van der Waals surface area contributed by atoms with E-state index >= 15 is 0 Å². The van der Waals surface area contributed by atoms with Gasteiger partial charge in [-0.3, -0.25) is 19.3 Å². The second kappa shape index (κ2) is 16.0. The standard InChI is InChI=1S/C38H47ClFN5O9S/c1-37(2,3)54-35(49)41-30-13-8-6-4-5-7-11-24-19-38(24,34(48)43-55(51,52)27-16-14-25(39)15-17-27)42-32(46)31-18-26(21-45(31)33(30)47)53-36(50)44-20-23-10-9-12-29(40)28(23)22-44/h9-10,12,14-17,24,26,30-31H,4-8,11,13,18-22H2,1-3H3,(H,41,49)(H,42,46)(H,43,48)/t24-,26-,30+,31+,38-/m1/s1. The van der Waals surface area contributed by atoms with Gasteiger partial charge in [0.05, 0.1) is 18.0 Å². The Bertz CT molecular complexity index is 1940. The van der Waals surface area contributed by atoms with Gasteiger partial charge in [0.15, 0.2) is 0 Å². The molecule has 2 saturated heterocycles. The summed E-state index contributed by atoms with van der Waals surface area (Å²) in [5.41, 5.74) is -1.41. The van der Waals surface area contributed by atoms with E-state index in [0.29, 0.717) is 29.0 Å². The van der Waals surface area contributed by atoms with Crippen LogP contribution in [0.1, 0.15) is 89.7 Å². The molecule has 0 unspecified atom stereocenters. The van der Waals surface area contributed by atoms with Gasteiger partial charge >= 0.3 is 12.2 Å². The molecule has 1 saturated carbocycles. The first-order valence-electron chi connectivity index (χ1n) is 18.6. The van der Waals surface area contributed by atoms with Gasteiger partial charge in [-0.25, -0.2) is 27.1 Å². The number of carbonyl (C=O) groups excluding carboxylic acids is 5. The molecule has 55 heavy (non-hydrogen) atoms. The number of nitrogens with zero attached hydrogens (tertiary/aromatic N) is 2. The number of carbonyl (C=O) groups is 5. The quantitative estimate of drug-likeness (QED) is 0.378. The smallest absolute Gasteiger partial charge is 0.410 e. The van der Waals surface area contributed by atoms with E-state index < -0.39 is 75.1 Å². The summed E-state index contributed by atoms with van der Waals surface area (Å²) in [4.78, 5) is 71.3. The van der Waals surface area contributed by atoms with Crippen LogP contribution in [0.25, 0.3) is 0 Å². The second-order valence-corrected chi connectivity index (χ2v) is 17.9. The molecule has 5 amide bonds. The number of halogens is 2. The number of fused-ring (bicyclic) bond motifs is 3. The molecule has 0 spiro atoms. The van der Waals surface area contributed by atoms with Crippen LogP contribution in [-0.2, 0) is 47.0 Å². The molecular weight excluding hydrogens is 757 g/mol. The second-order valence-electron chi connectivity index (χ2n) is 15.8. The number of hydrogen-bond acceptors (Lipinski definition) is 9. The van der Waals surface area contributed by atoms with Crippen LogP contribution in [-0.4, -0.2) is 84.0 Å². The summed E-state index contributed by atoms with van der Waals surface area (Å²) < 4.78 is 54.4. The lowest BCUT2D eigenvalue weighted by atomic mass is 10.0. The van der Waals surface area contributed by atoms with Crippen LogP contribution >= 0.6 is 11.6 Å². The van der Waals surface area contributed by atoms with Gasteiger partial charge in [0, 0.05) is 23.6 Å². The summed E-state index contributed by atoms with van der Waals surface area (Å²) in [5, 5.41) is 5.79. The molecule has 0 aromatic heterocycles. The lowest BCUT2D eigenvalue weighted by Gasteiger charge is -2.30. The Balaban J connectivity index is 1.26. The fourth-order valence-electron chi connectivity index (χ4n) is 7.63. The van der Waals surface area contributed by atoms with Crippen molar-refractivity contribution in [1.29, 1.82) is 0 Å². The molecule has 14 nitrogen and oxygen atoms in total. The fraction of sp³-hybridized carbons (Fsp3) is 0.553. The number of ether oxygens (including phenoxy) is 2. The van der Waals surface area contributed by atoms with Gasteiger partial charge in [0.25, 0.3) is 15.9 Å². The molecule has 5 atom stereocenters. The van der Waals surface area contributed by atoms with Crippen molar-refractivity contribution in [3.8, 4) is 0 Å². The zero-order valence-corrected chi connectivity index (χ0v) is 32.6. The molecule has 3 heterocycles. The van der Waals surface area contributed by atoms with E-state index in [4.69, 9.17) is 21.1 Å². The predicted molar refractivity (Wildman–Crippen MR) is 197 cm³/mol. The van der Waals surface area contributed by atoms with Crippen LogP contribution < -0.4 is 15.4 Å². The van der Waals surface area contributed by atoms with Gasteiger partial charge in [-0.1, -0.05) is 55.8 Å². The molecule has 3 fully saturated rings. The summed E-state index contributed by atoms with van der Waals surface area (Å²) in [6.45, 7) is 4.96. The van der Waals surface area contributed by atoms with Gasteiger partial charge in [-0.05, 0) is 81.8 Å². The molecule has 4 aliphatic rings. The number of nitrogens with one attached hydrogen (secondary N) is 3. The third kappa shape index (κ3) is 9.34. The lowest BCUT2D eigenvalue weighted by Crippen LogP contribution is -2.58. The Labute approximate surface area is 324 Å². The normalized spacial score (nSPS) is 26.0. The summed E-state index contributed by atoms with van der Waals surface area (Å²) in [7, 11) is -4.34. The Morgan fingerprint density at radius 2 is 1.67 bits per heavy atom. The first kappa shape index (κ1) is 40.2. The molecule has 3 N–H and O–H groups in total. The number of amides is 5. The monoisotopic (exact) mass is 803 g/mol. The van der Waals surface area contributed by atoms with Crippen LogP contribution in [0.3, 0.4) is 0 Å². The first-order valence-corrected chi connectivity index (χ1v) is 20.5. The summed E-state index contributed by atoms with van der Waals surface area (Å²) in [6.07, 6.45) is 1.93. The van der Waals surface area contributed by atoms with Crippen molar-refractivity contribution in [2.75, 3.05) is 6.54 Å². The minimum absolute atomic E-state index is 0.0139. The van der Waals surface area contributed by atoms with Crippen molar-refractivity contribution in [2.45, 2.75) is 126 Å². The minimum atomic E-state index is -4.34. The minimum Gasteiger partial charge on any atom is -0.444 e. The number of alkyl carbamates (subject to hydrolysis) is 1. The van der Waals surface area contributed by atoms with Crippen molar-refractivity contribution >= 4 is 51.5 Å². The number of benzene rings is 2. The van der Waals surface area contributed by atoms with Gasteiger partial charge in [-0.2, -0.15) is 0 Å². The molecule has 2 aromatic rings. The Kier molecular flexibility index (Phi) is 11.7. The van der Waals surface area contributed by atoms with Crippen LogP contribution in [0.5, 0.6) is 0 Å². The SMILES string of the molecule is CC(C)(C)OC(=O)N[C@H]1CCCCCCC[C@@H]2C[C@@]2(C(=O)NS(=O)(=O)c2ccc(Cl)cc2)NC(=O)[C@@H]2C[C@@H](OC(=O)N3Cc4cccc(F)c4C3)CN2C1=O. The zero-order chi connectivity index (χ0) is 39.7. The molecular formula is C38H47ClFN5O9S. The molecule has 298 valence electrons. The molecule has 2 aromatic carbocycles. The number of hydrogen-bond donors (Lipinski definition) is 3. The molecule has 6 rings (SSSR count). The molecule has 0 radical (unpaired) electrons. The molecule has 3 aliphatic heterocycles. The fourth-order valence-corrected chi connectivity index (χ4v) is 8.80. The largest absolute Gasteiger partial charge is 0.444 e. The van der Waals surface area contributed by atoms with Crippen molar-refractivity contribution < 1.29 is 46.3 Å². The number of sulfonamides is 1. The third-order valence-electron chi connectivity index (χ3n) is 10.5. The Morgan fingerprint density at radius 1 is 0.982 bits per heavy atom. The van der Waals surface area contributed by atoms with E-state index in [9.17, 15) is 36.8 Å². The van der Waals surface area contributed by atoms with E-state index in [1.165, 1.54) is 40.1 Å². The van der Waals surface area contributed by atoms with Gasteiger partial charge in [-0.15, -0.1) is 0 Å². The molecule has 1 aliphatic carbocycles. The highest BCUT2D eigenvalue weighted by atomic mass is 35.5. The maximum absolute atomic E-state index is 14.5. The third-order valence-corrected chi connectivity index (χ3v) is 12.1. The predicted octanol–water partition coefficient (Wildman–Crippen LogP) is 4.92. The average Bonchev–Trinajstić information content (AvgIpc) is 3.40. The molecule has 0 bridgehead atoms. The van der Waals surface area contributed by atoms with Gasteiger partial charge in [0.1, 0.15) is 35.1 Å². The van der Waals surface area contributed by atoms with Gasteiger partial charge < -0.3 is 25.0 Å². The molecule has 17 heteroatoms. The van der Waals surface area contributed by atoms with Crippen molar-refractivity contribution in [3.05, 3.63) is 64.4 Å². The van der Waals surface area contributed by atoms with Crippen LogP contribution in [0.2, 0.25) is 5.02 Å². The average molecular weight is 804 g/mol. The number of rotatable bonds is 5. The van der Waals surface area contributed by atoms with Crippen molar-refractivity contribution in [1.82, 2.24) is 25.2 Å². The van der Waals surface area contributed by atoms with Crippen molar-refractivity contribution in [2.24, 2.45) is 5.92 Å². The van der Waals surface area contributed by atoms with E-state index in [-0.39, 0.29) is 49.7 Å². The zero-order valence-electron chi connectivity index (χ0n) is 31.1. The van der Waals surface area contributed by atoms with E-state index in [2.05, 4.69) is 15.4 Å². The highest BCUT2D eigenvalue weighted by molar-refractivity contribution is 7.90. The topological polar surface area (TPSA) is 181 Å². The van der Waals surface area contributed by atoms with Crippen LogP contribution in [0.4, 0.5) is 14.0 Å². The maximum Gasteiger partial charge on any atom is 0.410 e. The maximum atomic E-state index is 14.5. The summed E-state index contributed by atoms with van der Waals surface area (Å²) >= 11 is 5.93. The first-order chi connectivity index (χ1) is 26.0. The van der Waals surface area contributed by atoms with Crippen molar-refractivity contribution in [3.63, 3.8) is 0 Å². The highest BCUT2D eigenvalue weighted by Gasteiger charge is 2.62. The van der Waals surface area contributed by atoms with E-state index in [1.54, 1.807) is 32.9 Å². The van der Waals surface area contributed by atoms with Gasteiger partial charge in [0.2, 0.25) is 11.8 Å². The van der Waals surface area contributed by atoms with Crippen LogP contribution in [0, 0.1) is 11.7 Å². The van der Waals surface area contributed by atoms with E-state index in [1.807, 2.05) is 0 Å². The summed E-state index contributed by atoms with van der Waals surface area (Å²) in [6, 6.07) is 7.53. The highest BCUT2D eigenvalue weighted by Crippen LogP contribution is 2.48. The van der Waals surface area contributed by atoms with E-state index in [0.717, 1.165) is 25.7 Å². The van der Waals surface area contributed by atoms with Crippen LogP contribution in [0.15, 0.2) is 47.4 Å². The Hall–Kier alpha value is -4.44. The Morgan fingerprint density at radius 3 is 2.36 bits per heavy atom.